The quantitative estimate of drug-likeness (QED) is 0.724. The predicted octanol–water partition coefficient (Wildman–Crippen LogP) is 1.72. The number of rotatable bonds is 4. The Morgan fingerprint density at radius 3 is 2.00 bits per heavy atom. The molecule has 1 rings (SSSR count). The van der Waals surface area contributed by atoms with Crippen LogP contribution in [0.25, 0.3) is 0 Å². The van der Waals surface area contributed by atoms with Gasteiger partial charge in [-0.1, -0.05) is 27.7 Å². The lowest BCUT2D eigenvalue weighted by Gasteiger charge is -2.14. The van der Waals surface area contributed by atoms with E-state index < -0.39 is 5.97 Å². The first-order chi connectivity index (χ1) is 6.25. The van der Waals surface area contributed by atoms with Crippen LogP contribution in [0, 0.1) is 22.7 Å². The second kappa shape index (κ2) is 3.23. The molecule has 1 saturated carbocycles. The molecule has 3 N–H and O–H groups in total. The second-order valence-corrected chi connectivity index (χ2v) is 5.51. The SMILES string of the molecule is CC1(C)C(C(CN)CC(=O)O)C1(C)C. The molecule has 0 bridgehead atoms. The summed E-state index contributed by atoms with van der Waals surface area (Å²) in [6.45, 7) is 9.26. The Hall–Kier alpha value is -0.570. The first kappa shape index (κ1) is 11.5. The van der Waals surface area contributed by atoms with Crippen LogP contribution in [0.4, 0.5) is 0 Å². The van der Waals surface area contributed by atoms with Crippen LogP contribution in [0.3, 0.4) is 0 Å². The Bertz CT molecular complexity index is 232. The van der Waals surface area contributed by atoms with Crippen LogP contribution in [0.1, 0.15) is 34.1 Å². The molecule has 82 valence electrons. The van der Waals surface area contributed by atoms with Gasteiger partial charge in [-0.25, -0.2) is 0 Å². The van der Waals surface area contributed by atoms with E-state index in [0.717, 1.165) is 0 Å². The number of aliphatic carboxylic acids is 1. The van der Waals surface area contributed by atoms with E-state index in [4.69, 9.17) is 10.8 Å². The summed E-state index contributed by atoms with van der Waals surface area (Å²) in [4.78, 5) is 10.7. The molecule has 0 amide bonds. The standard InChI is InChI=1S/C11H21NO2/c1-10(2)9(11(10,3)4)7(6-12)5-8(13)14/h7,9H,5-6,12H2,1-4H3,(H,13,14). The van der Waals surface area contributed by atoms with Crippen molar-refractivity contribution in [3.63, 3.8) is 0 Å². The van der Waals surface area contributed by atoms with Crippen LogP contribution < -0.4 is 5.73 Å². The molecule has 0 aliphatic heterocycles. The van der Waals surface area contributed by atoms with Gasteiger partial charge in [0.2, 0.25) is 0 Å². The van der Waals surface area contributed by atoms with Gasteiger partial charge < -0.3 is 10.8 Å². The van der Waals surface area contributed by atoms with Gasteiger partial charge in [0, 0.05) is 6.42 Å². The fourth-order valence-electron chi connectivity index (χ4n) is 2.99. The van der Waals surface area contributed by atoms with Crippen LogP contribution in [0.2, 0.25) is 0 Å². The van der Waals surface area contributed by atoms with Gasteiger partial charge in [0.25, 0.3) is 0 Å². The fourth-order valence-corrected chi connectivity index (χ4v) is 2.99. The van der Waals surface area contributed by atoms with Crippen LogP contribution in [-0.4, -0.2) is 17.6 Å². The number of nitrogens with two attached hydrogens (primary N) is 1. The van der Waals surface area contributed by atoms with Gasteiger partial charge in [-0.3, -0.25) is 4.79 Å². The largest absolute Gasteiger partial charge is 0.481 e. The molecule has 0 aromatic heterocycles. The third kappa shape index (κ3) is 1.54. The molecule has 0 aromatic rings. The summed E-state index contributed by atoms with van der Waals surface area (Å²) in [7, 11) is 0. The highest BCUT2D eigenvalue weighted by atomic mass is 16.4. The van der Waals surface area contributed by atoms with Crippen molar-refractivity contribution in [2.24, 2.45) is 28.4 Å². The molecule has 1 aliphatic rings. The van der Waals surface area contributed by atoms with Crippen molar-refractivity contribution < 1.29 is 9.90 Å². The van der Waals surface area contributed by atoms with E-state index in [1.807, 2.05) is 0 Å². The van der Waals surface area contributed by atoms with Crippen molar-refractivity contribution in [2.45, 2.75) is 34.1 Å². The normalized spacial score (nSPS) is 25.8. The Morgan fingerprint density at radius 1 is 1.36 bits per heavy atom. The van der Waals surface area contributed by atoms with Gasteiger partial charge in [0.1, 0.15) is 0 Å². The molecule has 0 heterocycles. The number of carbonyl (C=O) groups is 1. The zero-order valence-electron chi connectivity index (χ0n) is 9.50. The Morgan fingerprint density at radius 2 is 1.79 bits per heavy atom. The molecule has 3 nitrogen and oxygen atoms in total. The summed E-state index contributed by atoms with van der Waals surface area (Å²) in [5, 5.41) is 8.78. The lowest BCUT2D eigenvalue weighted by molar-refractivity contribution is -0.138. The summed E-state index contributed by atoms with van der Waals surface area (Å²) in [6, 6.07) is 0. The van der Waals surface area contributed by atoms with Crippen molar-refractivity contribution in [3.8, 4) is 0 Å². The molecule has 0 spiro atoms. The lowest BCUT2D eigenvalue weighted by atomic mass is 9.93. The van der Waals surface area contributed by atoms with Gasteiger partial charge in [-0.15, -0.1) is 0 Å². The fraction of sp³-hybridized carbons (Fsp3) is 0.909. The maximum atomic E-state index is 10.7. The second-order valence-electron chi connectivity index (χ2n) is 5.51. The Balaban J connectivity index is 2.70. The topological polar surface area (TPSA) is 63.3 Å². The zero-order chi connectivity index (χ0) is 11.1. The van der Waals surface area contributed by atoms with Crippen molar-refractivity contribution in [3.05, 3.63) is 0 Å². The van der Waals surface area contributed by atoms with Crippen molar-refractivity contribution >= 4 is 5.97 Å². The van der Waals surface area contributed by atoms with E-state index in [1.54, 1.807) is 0 Å². The van der Waals surface area contributed by atoms with Crippen LogP contribution in [-0.2, 0) is 4.79 Å². The summed E-state index contributed by atoms with van der Waals surface area (Å²) in [5.41, 5.74) is 6.10. The van der Waals surface area contributed by atoms with Crippen LogP contribution >= 0.6 is 0 Å². The van der Waals surface area contributed by atoms with Crippen LogP contribution in [0.15, 0.2) is 0 Å². The van der Waals surface area contributed by atoms with Crippen molar-refractivity contribution in [1.29, 1.82) is 0 Å². The highest BCUT2D eigenvalue weighted by Gasteiger charge is 2.66. The maximum Gasteiger partial charge on any atom is 0.303 e. The molecule has 3 heteroatoms. The van der Waals surface area contributed by atoms with E-state index >= 15 is 0 Å². The minimum atomic E-state index is -0.737. The molecular formula is C11H21NO2. The first-order valence-corrected chi connectivity index (χ1v) is 5.17. The van der Waals surface area contributed by atoms with E-state index in [9.17, 15) is 4.79 Å². The molecule has 0 radical (unpaired) electrons. The highest BCUT2D eigenvalue weighted by Crippen LogP contribution is 2.71. The van der Waals surface area contributed by atoms with E-state index in [2.05, 4.69) is 27.7 Å². The Kier molecular flexibility index (Phi) is 2.65. The number of hydrogen-bond donors (Lipinski definition) is 2. The minimum absolute atomic E-state index is 0.123. The smallest absolute Gasteiger partial charge is 0.303 e. The number of carboxylic acid groups (broad SMARTS) is 1. The molecule has 1 atom stereocenters. The predicted molar refractivity (Wildman–Crippen MR) is 55.8 cm³/mol. The molecule has 14 heavy (non-hydrogen) atoms. The Labute approximate surface area is 85.7 Å². The number of hydrogen-bond acceptors (Lipinski definition) is 2. The van der Waals surface area contributed by atoms with Gasteiger partial charge in [-0.05, 0) is 29.2 Å². The van der Waals surface area contributed by atoms with Gasteiger partial charge in [0.15, 0.2) is 0 Å². The maximum absolute atomic E-state index is 10.7. The average Bonchev–Trinajstić information content (AvgIpc) is 2.39. The molecule has 0 aromatic carbocycles. The first-order valence-electron chi connectivity index (χ1n) is 5.17. The summed E-state index contributed by atoms with van der Waals surface area (Å²) >= 11 is 0. The molecular weight excluding hydrogens is 178 g/mol. The third-order valence-electron chi connectivity index (χ3n) is 4.34. The molecule has 1 aliphatic carbocycles. The minimum Gasteiger partial charge on any atom is -0.481 e. The van der Waals surface area contributed by atoms with Crippen molar-refractivity contribution in [1.82, 2.24) is 0 Å². The average molecular weight is 199 g/mol. The van der Waals surface area contributed by atoms with E-state index in [-0.39, 0.29) is 23.2 Å². The summed E-state index contributed by atoms with van der Waals surface area (Å²) < 4.78 is 0. The van der Waals surface area contributed by atoms with Gasteiger partial charge in [-0.2, -0.15) is 0 Å². The number of carboxylic acids is 1. The van der Waals surface area contributed by atoms with Crippen LogP contribution in [0.5, 0.6) is 0 Å². The molecule has 1 unspecified atom stereocenters. The van der Waals surface area contributed by atoms with E-state index in [1.165, 1.54) is 0 Å². The van der Waals surface area contributed by atoms with Gasteiger partial charge >= 0.3 is 5.97 Å². The monoisotopic (exact) mass is 199 g/mol. The van der Waals surface area contributed by atoms with E-state index in [0.29, 0.717) is 12.5 Å². The van der Waals surface area contributed by atoms with Crippen molar-refractivity contribution in [2.75, 3.05) is 6.54 Å². The third-order valence-corrected chi connectivity index (χ3v) is 4.34. The highest BCUT2D eigenvalue weighted by molar-refractivity contribution is 5.67. The van der Waals surface area contributed by atoms with Gasteiger partial charge in [0.05, 0.1) is 0 Å². The lowest BCUT2D eigenvalue weighted by Crippen LogP contribution is -2.22. The zero-order valence-corrected chi connectivity index (χ0v) is 9.50. The molecule has 0 saturated heterocycles. The molecule has 1 fully saturated rings. The summed E-state index contributed by atoms with van der Waals surface area (Å²) in [5.74, 6) is -0.174. The summed E-state index contributed by atoms with van der Waals surface area (Å²) in [6.07, 6.45) is 0.202.